The highest BCUT2D eigenvalue weighted by Gasteiger charge is 2.30. The van der Waals surface area contributed by atoms with Crippen LogP contribution in [-0.4, -0.2) is 9.36 Å². The predicted molar refractivity (Wildman–Crippen MR) is 187 cm³/mol. The van der Waals surface area contributed by atoms with Gasteiger partial charge in [0.25, 0.3) is 0 Å². The number of benzene rings is 6. The third-order valence-corrected chi connectivity index (χ3v) is 10.1. The molecule has 0 aliphatic carbocycles. The van der Waals surface area contributed by atoms with E-state index in [9.17, 15) is 0 Å². The molecule has 1 aliphatic rings. The number of hydrogen-bond donors (Lipinski definition) is 0. The van der Waals surface area contributed by atoms with Crippen molar-refractivity contribution in [3.8, 4) is 22.0 Å². The van der Waals surface area contributed by atoms with Gasteiger partial charge in [-0.2, -0.15) is 4.37 Å². The van der Waals surface area contributed by atoms with Crippen molar-refractivity contribution in [2.24, 2.45) is 0 Å². The smallest absolute Gasteiger partial charge is 0.173 e. The normalized spacial score (nSPS) is 12.5. The molecule has 0 atom stereocenters. The lowest BCUT2D eigenvalue weighted by Gasteiger charge is -2.40. The largest absolute Gasteiger partial charge is 0.306 e. The van der Waals surface area contributed by atoms with Gasteiger partial charge in [0.05, 0.1) is 22.7 Å². The summed E-state index contributed by atoms with van der Waals surface area (Å²) in [5, 5.41) is 3.53. The van der Waals surface area contributed by atoms with Gasteiger partial charge in [-0.25, -0.2) is 4.98 Å². The fourth-order valence-corrected chi connectivity index (χ4v) is 8.00. The first-order chi connectivity index (χ1) is 21.8. The first-order valence-electron chi connectivity index (χ1n) is 14.5. The van der Waals surface area contributed by atoms with Crippen molar-refractivity contribution in [3.63, 3.8) is 0 Å². The number of thiophene rings is 1. The van der Waals surface area contributed by atoms with Crippen molar-refractivity contribution in [1.29, 1.82) is 0 Å². The van der Waals surface area contributed by atoms with E-state index in [-0.39, 0.29) is 0 Å². The SMILES string of the molecule is c1ccc(N2c3ccccc3N(c3cccc(-c4nsc(-c5ccc6c(c5)sc5ccccc56)n4)c3)c3ccccc32)cc1. The standard InChI is InChI=1S/C38H24N4S2/c1-2-12-27(13-3-1)41-31-16-5-7-18-33(31)42(34-19-8-6-17-32(34)41)28-14-10-11-25(23-28)37-39-38(44-40-37)26-21-22-30-29-15-4-9-20-35(29)43-36(30)24-26/h1-24H. The Kier molecular flexibility index (Phi) is 5.82. The molecule has 2 aromatic heterocycles. The number of anilines is 6. The molecule has 0 unspecified atom stereocenters. The fourth-order valence-electron chi connectivity index (χ4n) is 6.18. The van der Waals surface area contributed by atoms with Gasteiger partial charge in [-0.1, -0.05) is 84.9 Å². The van der Waals surface area contributed by atoms with Crippen LogP contribution in [0.3, 0.4) is 0 Å². The minimum atomic E-state index is 0.743. The van der Waals surface area contributed by atoms with Crippen molar-refractivity contribution in [2.75, 3.05) is 9.80 Å². The maximum absolute atomic E-state index is 5.02. The highest BCUT2D eigenvalue weighted by molar-refractivity contribution is 7.25. The third kappa shape index (κ3) is 4.03. The molecule has 0 N–H and O–H groups in total. The van der Waals surface area contributed by atoms with E-state index in [1.807, 2.05) is 11.3 Å². The second kappa shape index (κ2) is 10.2. The van der Waals surface area contributed by atoms with Crippen LogP contribution in [0.5, 0.6) is 0 Å². The second-order valence-electron chi connectivity index (χ2n) is 10.8. The van der Waals surface area contributed by atoms with E-state index in [1.54, 1.807) is 0 Å². The Balaban J connectivity index is 1.12. The topological polar surface area (TPSA) is 32.3 Å². The summed E-state index contributed by atoms with van der Waals surface area (Å²) in [5.41, 5.74) is 8.80. The summed E-state index contributed by atoms with van der Waals surface area (Å²) in [5.74, 6) is 0.743. The van der Waals surface area contributed by atoms with E-state index < -0.39 is 0 Å². The molecule has 0 fully saturated rings. The lowest BCUT2D eigenvalue weighted by atomic mass is 10.0. The van der Waals surface area contributed by atoms with Crippen LogP contribution in [0.1, 0.15) is 0 Å². The monoisotopic (exact) mass is 600 g/mol. The molecule has 1 aliphatic heterocycles. The number of nitrogens with zero attached hydrogens (tertiary/aromatic N) is 4. The van der Waals surface area contributed by atoms with Gasteiger partial charge < -0.3 is 9.80 Å². The Bertz CT molecular complexity index is 2270. The lowest BCUT2D eigenvalue weighted by Crippen LogP contribution is -2.23. The van der Waals surface area contributed by atoms with Crippen LogP contribution in [0.4, 0.5) is 34.1 Å². The van der Waals surface area contributed by atoms with Gasteiger partial charge in [0.1, 0.15) is 5.01 Å². The van der Waals surface area contributed by atoms with E-state index in [0.717, 1.165) is 56.1 Å². The van der Waals surface area contributed by atoms with Crippen LogP contribution in [0.15, 0.2) is 146 Å². The molecule has 0 radical (unpaired) electrons. The minimum Gasteiger partial charge on any atom is -0.306 e. The number of fused-ring (bicyclic) bond motifs is 5. The average Bonchev–Trinajstić information content (AvgIpc) is 3.73. The van der Waals surface area contributed by atoms with Crippen LogP contribution in [-0.2, 0) is 0 Å². The Morgan fingerprint density at radius 1 is 0.455 bits per heavy atom. The van der Waals surface area contributed by atoms with E-state index in [4.69, 9.17) is 9.36 Å². The maximum atomic E-state index is 5.02. The van der Waals surface area contributed by atoms with Crippen LogP contribution in [0.25, 0.3) is 42.1 Å². The third-order valence-electron chi connectivity index (χ3n) is 8.16. The van der Waals surface area contributed by atoms with E-state index in [1.165, 1.54) is 31.7 Å². The molecule has 0 bridgehead atoms. The van der Waals surface area contributed by atoms with Gasteiger partial charge >= 0.3 is 0 Å². The molecule has 9 rings (SSSR count). The summed E-state index contributed by atoms with van der Waals surface area (Å²) in [6.45, 7) is 0. The zero-order valence-corrected chi connectivity index (χ0v) is 25.1. The second-order valence-corrected chi connectivity index (χ2v) is 12.6. The highest BCUT2D eigenvalue weighted by atomic mass is 32.1. The zero-order chi connectivity index (χ0) is 29.0. The molecular formula is C38H24N4S2. The van der Waals surface area contributed by atoms with Crippen molar-refractivity contribution in [2.45, 2.75) is 0 Å². The van der Waals surface area contributed by atoms with Crippen LogP contribution >= 0.6 is 22.9 Å². The van der Waals surface area contributed by atoms with Crippen molar-refractivity contribution in [3.05, 3.63) is 146 Å². The molecule has 6 aromatic carbocycles. The van der Waals surface area contributed by atoms with Gasteiger partial charge in [0.2, 0.25) is 0 Å². The van der Waals surface area contributed by atoms with Gasteiger partial charge in [0, 0.05) is 42.7 Å². The summed E-state index contributed by atoms with van der Waals surface area (Å²) in [4.78, 5) is 9.71. The van der Waals surface area contributed by atoms with Gasteiger partial charge in [0.15, 0.2) is 5.82 Å². The predicted octanol–water partition coefficient (Wildman–Crippen LogP) is 11.5. The minimum absolute atomic E-state index is 0.743. The van der Waals surface area contributed by atoms with Crippen LogP contribution < -0.4 is 9.80 Å². The molecule has 0 saturated carbocycles. The lowest BCUT2D eigenvalue weighted by molar-refractivity contribution is 1.17. The molecule has 3 heterocycles. The quantitative estimate of drug-likeness (QED) is 0.201. The molecule has 0 spiro atoms. The number of rotatable bonds is 4. The summed E-state index contributed by atoms with van der Waals surface area (Å²) >= 11 is 3.28. The number of aromatic nitrogens is 2. The van der Waals surface area contributed by atoms with Crippen molar-refractivity contribution >= 4 is 77.2 Å². The first kappa shape index (κ1) is 25.2. The fraction of sp³-hybridized carbons (Fsp3) is 0. The van der Waals surface area contributed by atoms with Crippen LogP contribution in [0.2, 0.25) is 0 Å². The molecule has 44 heavy (non-hydrogen) atoms. The molecule has 8 aromatic rings. The van der Waals surface area contributed by atoms with Gasteiger partial charge in [-0.15, -0.1) is 11.3 Å². The summed E-state index contributed by atoms with van der Waals surface area (Å²) in [7, 11) is 0. The Hall–Kier alpha value is -5.30. The van der Waals surface area contributed by atoms with E-state index in [2.05, 4.69) is 155 Å². The maximum Gasteiger partial charge on any atom is 0.173 e. The molecular weight excluding hydrogens is 577 g/mol. The zero-order valence-electron chi connectivity index (χ0n) is 23.5. The van der Waals surface area contributed by atoms with Crippen molar-refractivity contribution < 1.29 is 0 Å². The van der Waals surface area contributed by atoms with E-state index in [0.29, 0.717) is 0 Å². The number of para-hydroxylation sites is 5. The molecule has 6 heteroatoms. The van der Waals surface area contributed by atoms with Crippen molar-refractivity contribution in [1.82, 2.24) is 9.36 Å². The Morgan fingerprint density at radius 3 is 1.82 bits per heavy atom. The van der Waals surface area contributed by atoms with Gasteiger partial charge in [-0.05, 0) is 72.2 Å². The Labute approximate surface area is 262 Å². The average molecular weight is 601 g/mol. The highest BCUT2D eigenvalue weighted by Crippen LogP contribution is 2.54. The number of hydrogen-bond acceptors (Lipinski definition) is 6. The van der Waals surface area contributed by atoms with Gasteiger partial charge in [-0.3, -0.25) is 0 Å². The molecule has 208 valence electrons. The van der Waals surface area contributed by atoms with Crippen LogP contribution in [0, 0.1) is 0 Å². The summed E-state index contributed by atoms with van der Waals surface area (Å²) in [6, 6.07) is 51.5. The first-order valence-corrected chi connectivity index (χ1v) is 16.1. The molecule has 0 saturated heterocycles. The summed E-state index contributed by atoms with van der Waals surface area (Å²) < 4.78 is 7.40. The Morgan fingerprint density at radius 2 is 1.07 bits per heavy atom. The summed E-state index contributed by atoms with van der Waals surface area (Å²) in [6.07, 6.45) is 0. The molecule has 4 nitrogen and oxygen atoms in total. The van der Waals surface area contributed by atoms with E-state index >= 15 is 0 Å². The molecule has 0 amide bonds.